The molecule has 1 saturated heterocycles. The van der Waals surface area contributed by atoms with E-state index in [4.69, 9.17) is 14.2 Å². The molecular weight excluding hydrogens is 354 g/mol. The Morgan fingerprint density at radius 2 is 1.89 bits per heavy atom. The maximum absolute atomic E-state index is 12.8. The molecule has 0 aliphatic carbocycles. The van der Waals surface area contributed by atoms with Crippen LogP contribution in [0.5, 0.6) is 17.2 Å². The van der Waals surface area contributed by atoms with E-state index in [0.717, 1.165) is 36.3 Å². The molecule has 0 N–H and O–H groups in total. The number of carbonyl (C=O) groups is 1. The quantitative estimate of drug-likeness (QED) is 0.664. The van der Waals surface area contributed by atoms with Gasteiger partial charge in [0.25, 0.3) is 0 Å². The lowest BCUT2D eigenvalue weighted by Gasteiger charge is -2.24. The van der Waals surface area contributed by atoms with E-state index in [1.807, 2.05) is 60.4 Å². The van der Waals surface area contributed by atoms with Crippen molar-refractivity contribution in [2.24, 2.45) is 0 Å². The summed E-state index contributed by atoms with van der Waals surface area (Å²) in [6.07, 6.45) is 5.44. The van der Waals surface area contributed by atoms with Crippen LogP contribution in [0.1, 0.15) is 36.9 Å². The second-order valence-corrected chi connectivity index (χ2v) is 6.64. The summed E-state index contributed by atoms with van der Waals surface area (Å²) < 4.78 is 16.1. The number of likely N-dealkylation sites (tertiary alicyclic amines) is 1. The SMILES string of the molecule is CCOc1ccc(/C=C/C(=O)N2CCCC2c2ccc(OC)cc2)cc1OC. The lowest BCUT2D eigenvalue weighted by molar-refractivity contribution is -0.126. The van der Waals surface area contributed by atoms with E-state index in [0.29, 0.717) is 18.1 Å². The first-order valence-corrected chi connectivity index (χ1v) is 9.59. The van der Waals surface area contributed by atoms with Crippen molar-refractivity contribution in [2.45, 2.75) is 25.8 Å². The number of carbonyl (C=O) groups excluding carboxylic acids is 1. The van der Waals surface area contributed by atoms with Crippen LogP contribution in [0, 0.1) is 0 Å². The largest absolute Gasteiger partial charge is 0.497 e. The van der Waals surface area contributed by atoms with Crippen molar-refractivity contribution in [2.75, 3.05) is 27.4 Å². The molecule has 0 bridgehead atoms. The molecule has 0 spiro atoms. The van der Waals surface area contributed by atoms with Crippen LogP contribution in [-0.4, -0.2) is 38.2 Å². The maximum atomic E-state index is 12.8. The van der Waals surface area contributed by atoms with Crippen LogP contribution in [0.4, 0.5) is 0 Å². The van der Waals surface area contributed by atoms with Crippen LogP contribution in [0.3, 0.4) is 0 Å². The Bertz CT molecular complexity index is 829. The third-order valence-corrected chi connectivity index (χ3v) is 4.94. The maximum Gasteiger partial charge on any atom is 0.247 e. The normalized spacial score (nSPS) is 16.4. The number of methoxy groups -OCH3 is 2. The minimum absolute atomic E-state index is 0.0196. The van der Waals surface area contributed by atoms with Crippen molar-refractivity contribution in [3.8, 4) is 17.2 Å². The van der Waals surface area contributed by atoms with E-state index in [9.17, 15) is 4.79 Å². The summed E-state index contributed by atoms with van der Waals surface area (Å²) in [6.45, 7) is 3.28. The Kier molecular flexibility index (Phi) is 6.58. The highest BCUT2D eigenvalue weighted by molar-refractivity contribution is 5.92. The zero-order valence-corrected chi connectivity index (χ0v) is 16.7. The van der Waals surface area contributed by atoms with E-state index in [-0.39, 0.29) is 11.9 Å². The molecule has 0 aromatic heterocycles. The summed E-state index contributed by atoms with van der Waals surface area (Å²) in [5, 5.41) is 0. The first kappa shape index (κ1) is 19.8. The van der Waals surface area contributed by atoms with Crippen molar-refractivity contribution in [3.05, 3.63) is 59.7 Å². The molecule has 1 unspecified atom stereocenters. The standard InChI is InChI=1S/C23H27NO4/c1-4-28-21-13-7-17(16-22(21)27-3)8-14-23(25)24-15-5-6-20(24)18-9-11-19(26-2)12-10-18/h7-14,16,20H,4-6,15H2,1-3H3/b14-8+. The minimum Gasteiger partial charge on any atom is -0.497 e. The average molecular weight is 381 g/mol. The highest BCUT2D eigenvalue weighted by Gasteiger charge is 2.28. The van der Waals surface area contributed by atoms with Crippen molar-refractivity contribution < 1.29 is 19.0 Å². The van der Waals surface area contributed by atoms with Gasteiger partial charge in [0.15, 0.2) is 11.5 Å². The van der Waals surface area contributed by atoms with Crippen molar-refractivity contribution in [3.63, 3.8) is 0 Å². The fraction of sp³-hybridized carbons (Fsp3) is 0.348. The Morgan fingerprint density at radius 3 is 2.57 bits per heavy atom. The molecule has 5 heteroatoms. The smallest absolute Gasteiger partial charge is 0.247 e. The highest BCUT2D eigenvalue weighted by atomic mass is 16.5. The van der Waals surface area contributed by atoms with E-state index in [1.165, 1.54) is 0 Å². The lowest BCUT2D eigenvalue weighted by atomic mass is 10.0. The number of rotatable bonds is 7. The Labute approximate surface area is 166 Å². The van der Waals surface area contributed by atoms with Crippen molar-refractivity contribution in [1.82, 2.24) is 4.90 Å². The summed E-state index contributed by atoms with van der Waals surface area (Å²) in [4.78, 5) is 14.7. The molecular formula is C23H27NO4. The fourth-order valence-corrected chi connectivity index (χ4v) is 3.53. The summed E-state index contributed by atoms with van der Waals surface area (Å²) in [7, 11) is 3.27. The van der Waals surface area contributed by atoms with Crippen molar-refractivity contribution >= 4 is 12.0 Å². The van der Waals surface area contributed by atoms with Gasteiger partial charge in [0.2, 0.25) is 5.91 Å². The Morgan fingerprint density at radius 1 is 1.11 bits per heavy atom. The molecule has 0 saturated carbocycles. The summed E-state index contributed by atoms with van der Waals surface area (Å²) in [6, 6.07) is 13.7. The van der Waals surface area contributed by atoms with Gasteiger partial charge in [0.1, 0.15) is 5.75 Å². The lowest BCUT2D eigenvalue weighted by Crippen LogP contribution is -2.28. The summed E-state index contributed by atoms with van der Waals surface area (Å²) in [5.74, 6) is 2.21. The van der Waals surface area contributed by atoms with E-state index in [1.54, 1.807) is 20.3 Å². The second kappa shape index (κ2) is 9.31. The van der Waals surface area contributed by atoms with Gasteiger partial charge in [-0.05, 0) is 61.2 Å². The topological polar surface area (TPSA) is 48.0 Å². The zero-order chi connectivity index (χ0) is 19.9. The van der Waals surface area contributed by atoms with Crippen molar-refractivity contribution in [1.29, 1.82) is 0 Å². The Balaban J connectivity index is 1.72. The van der Waals surface area contributed by atoms with E-state index >= 15 is 0 Å². The molecule has 148 valence electrons. The molecule has 1 fully saturated rings. The highest BCUT2D eigenvalue weighted by Crippen LogP contribution is 2.33. The number of benzene rings is 2. The fourth-order valence-electron chi connectivity index (χ4n) is 3.53. The monoisotopic (exact) mass is 381 g/mol. The molecule has 5 nitrogen and oxygen atoms in total. The van der Waals surface area contributed by atoms with Crippen LogP contribution in [0.15, 0.2) is 48.5 Å². The summed E-state index contributed by atoms with van der Waals surface area (Å²) in [5.41, 5.74) is 2.04. The van der Waals surface area contributed by atoms with Gasteiger partial charge in [-0.15, -0.1) is 0 Å². The van der Waals surface area contributed by atoms with Crippen LogP contribution >= 0.6 is 0 Å². The van der Waals surface area contributed by atoms with Gasteiger partial charge in [-0.25, -0.2) is 0 Å². The molecule has 1 atom stereocenters. The molecule has 0 radical (unpaired) electrons. The number of nitrogens with zero attached hydrogens (tertiary/aromatic N) is 1. The molecule has 2 aromatic rings. The molecule has 1 heterocycles. The van der Waals surface area contributed by atoms with Crippen LogP contribution in [0.2, 0.25) is 0 Å². The first-order chi connectivity index (χ1) is 13.7. The third-order valence-electron chi connectivity index (χ3n) is 4.94. The van der Waals surface area contributed by atoms with Crippen LogP contribution in [0.25, 0.3) is 6.08 Å². The Hall–Kier alpha value is -2.95. The number of ether oxygens (including phenoxy) is 3. The van der Waals surface area contributed by atoms with Crippen LogP contribution < -0.4 is 14.2 Å². The van der Waals surface area contributed by atoms with Gasteiger partial charge in [-0.3, -0.25) is 4.79 Å². The predicted molar refractivity (Wildman–Crippen MR) is 110 cm³/mol. The van der Waals surface area contributed by atoms with Gasteiger partial charge >= 0.3 is 0 Å². The van der Waals surface area contributed by atoms with Gasteiger partial charge in [-0.2, -0.15) is 0 Å². The number of amides is 1. The van der Waals surface area contributed by atoms with E-state index in [2.05, 4.69) is 0 Å². The zero-order valence-electron chi connectivity index (χ0n) is 16.7. The molecule has 1 aliphatic rings. The molecule has 1 amide bonds. The van der Waals surface area contributed by atoms with E-state index < -0.39 is 0 Å². The molecule has 1 aliphatic heterocycles. The first-order valence-electron chi connectivity index (χ1n) is 9.59. The van der Waals surface area contributed by atoms with Gasteiger partial charge in [-0.1, -0.05) is 18.2 Å². The van der Waals surface area contributed by atoms with Gasteiger partial charge in [0.05, 0.1) is 26.9 Å². The number of hydrogen-bond acceptors (Lipinski definition) is 4. The number of hydrogen-bond donors (Lipinski definition) is 0. The van der Waals surface area contributed by atoms with Crippen LogP contribution in [-0.2, 0) is 4.79 Å². The van der Waals surface area contributed by atoms with Gasteiger partial charge in [0, 0.05) is 12.6 Å². The molecule has 2 aromatic carbocycles. The summed E-state index contributed by atoms with van der Waals surface area (Å²) >= 11 is 0. The average Bonchev–Trinajstić information content (AvgIpc) is 3.23. The molecule has 3 rings (SSSR count). The van der Waals surface area contributed by atoms with Gasteiger partial charge < -0.3 is 19.1 Å². The second-order valence-electron chi connectivity index (χ2n) is 6.64. The third kappa shape index (κ3) is 4.47. The molecule has 28 heavy (non-hydrogen) atoms. The predicted octanol–water partition coefficient (Wildman–Crippen LogP) is 4.48. The minimum atomic E-state index is 0.0196.